The van der Waals surface area contributed by atoms with E-state index in [9.17, 15) is 87.7 Å². The van der Waals surface area contributed by atoms with Crippen LogP contribution in [0.5, 0.6) is 23.0 Å². The van der Waals surface area contributed by atoms with Crippen molar-refractivity contribution < 1.29 is 92.4 Å². The summed E-state index contributed by atoms with van der Waals surface area (Å²) in [7, 11) is -17.4. The first-order valence-corrected chi connectivity index (χ1v) is 40.4. The van der Waals surface area contributed by atoms with Gasteiger partial charge in [-0.15, -0.1) is 0 Å². The van der Waals surface area contributed by atoms with Gasteiger partial charge in [0.05, 0.1) is 55.8 Å². The number of anilines is 1. The number of phenols is 2. The fourth-order valence-corrected chi connectivity index (χ4v) is 15.7. The van der Waals surface area contributed by atoms with E-state index in [4.69, 9.17) is 50.7 Å². The molecule has 1 aliphatic rings. The largest absolute Gasteiger partial charge is 0.508 e. The lowest BCUT2D eigenvalue weighted by atomic mass is 9.80. The smallest absolute Gasteiger partial charge is 0.336 e. The minimum absolute atomic E-state index is 0.00330. The van der Waals surface area contributed by atoms with Gasteiger partial charge in [0.15, 0.2) is 17.0 Å². The maximum atomic E-state index is 14.2. The Morgan fingerprint density at radius 1 is 0.562 bits per heavy atom. The number of Topliss-reactive ketones (excluding diaryl/α,β-unsaturated/α-hetero) is 1. The highest BCUT2D eigenvalue weighted by Crippen LogP contribution is 2.50. The Balaban J connectivity index is 1.53. The van der Waals surface area contributed by atoms with E-state index < -0.39 is 194 Å². The van der Waals surface area contributed by atoms with E-state index in [-0.39, 0.29) is 123 Å². The number of amides is 4. The van der Waals surface area contributed by atoms with Crippen molar-refractivity contribution in [2.24, 2.45) is 28.9 Å². The second kappa shape index (κ2) is 41.3. The molecule has 0 saturated heterocycles. The molecule has 0 aliphatic carbocycles. The molecule has 0 bridgehead atoms. The number of carboxylic acids is 2. The number of ketones is 1. The predicted octanol–water partition coefficient (Wildman–Crippen LogP) is -2.57. The molecule has 22 N–H and O–H groups in total. The summed E-state index contributed by atoms with van der Waals surface area (Å²) in [4.78, 5) is 92.7. The van der Waals surface area contributed by atoms with Crippen LogP contribution in [0.25, 0.3) is 0 Å². The van der Waals surface area contributed by atoms with Gasteiger partial charge >= 0.3 is 11.9 Å². The molecule has 4 atom stereocenters. The van der Waals surface area contributed by atoms with Crippen molar-refractivity contribution in [1.82, 2.24) is 54.4 Å². The van der Waals surface area contributed by atoms with Gasteiger partial charge in [0.1, 0.15) is 28.8 Å². The maximum absolute atomic E-state index is 14.2. The van der Waals surface area contributed by atoms with Gasteiger partial charge in [-0.3, -0.25) is 39.6 Å². The number of hydrogen-bond donors (Lipinski definition) is 18. The fourth-order valence-electron chi connectivity index (χ4n) is 11.2. The van der Waals surface area contributed by atoms with Gasteiger partial charge in [-0.1, -0.05) is 32.0 Å². The Labute approximate surface area is 616 Å². The molecule has 1 aliphatic heterocycles. The zero-order valence-corrected chi connectivity index (χ0v) is 63.0. The number of aliphatic carboxylic acids is 1. The average molecular weight is 1580 g/mol. The maximum Gasteiger partial charge on any atom is 0.336 e. The molecule has 4 rings (SSSR count). The second-order valence-electron chi connectivity index (χ2n) is 25.4. The molecule has 0 saturated carbocycles. The number of phenolic OH excluding ortho intramolecular Hbond substituents is 2. The number of aromatic carboxylic acids is 1. The summed E-state index contributed by atoms with van der Waals surface area (Å²) in [6, 6.07) is 8.52. The number of carbonyl (C=O) groups excluding carboxylic acids is 5. The van der Waals surface area contributed by atoms with E-state index in [1.807, 2.05) is 0 Å². The van der Waals surface area contributed by atoms with Crippen molar-refractivity contribution in [3.63, 3.8) is 0 Å². The summed E-state index contributed by atoms with van der Waals surface area (Å²) < 4.78 is 117. The molecule has 3 aromatic rings. The molecule has 38 nitrogen and oxygen atoms in total. The van der Waals surface area contributed by atoms with Crippen molar-refractivity contribution >= 4 is 116 Å². The third kappa shape index (κ3) is 31.1. The van der Waals surface area contributed by atoms with E-state index in [0.717, 1.165) is 21.1 Å². The summed E-state index contributed by atoms with van der Waals surface area (Å²) in [6.07, 6.45) is 0.363. The molecule has 0 fully saturated rings. The van der Waals surface area contributed by atoms with Crippen LogP contribution in [0.4, 0.5) is 5.69 Å². The first kappa shape index (κ1) is 88.7. The third-order valence-electron chi connectivity index (χ3n) is 15.9. The van der Waals surface area contributed by atoms with Crippen molar-refractivity contribution in [3.8, 4) is 23.0 Å². The predicted molar refractivity (Wildman–Crippen MR) is 394 cm³/mol. The Morgan fingerprint density at radius 3 is 1.41 bits per heavy atom. The monoisotopic (exact) mass is 1570 g/mol. The van der Waals surface area contributed by atoms with E-state index in [1.165, 1.54) is 37.3 Å². The van der Waals surface area contributed by atoms with Gasteiger partial charge in [0, 0.05) is 131 Å². The SMILES string of the molecule is CC(=O)CN(C[C@H](CC(C)C)NC(=O)CN(C[C@H](CCCNC(=N)N)NC(=O)CN(C[C@H](CCCNC(=N)N)NC(=O)CN(C[C@H](CCC(=O)O)NC(=O)CCNC(=S)Nc1ccc(C2c3ccc(O)cc3Oc3cc(O)ccc32)c(C(=O)O)c1)S(=O)(=O)CCN)S(C)(=O)=O)S(C)(=O)=O)S(=O)(=O)CCN. The van der Waals surface area contributed by atoms with Gasteiger partial charge in [-0.2, -0.15) is 17.2 Å². The Bertz CT molecular complexity index is 4010. The molecule has 1 heterocycles. The second-order valence-corrected chi connectivity index (χ2v) is 34.0. The normalized spacial score (nSPS) is 13.7. The van der Waals surface area contributed by atoms with Crippen LogP contribution in [0, 0.1) is 16.7 Å². The summed E-state index contributed by atoms with van der Waals surface area (Å²) in [5.41, 5.74) is 23.6. The van der Waals surface area contributed by atoms with E-state index >= 15 is 0 Å². The van der Waals surface area contributed by atoms with Crippen LogP contribution < -0.4 is 70.2 Å². The van der Waals surface area contributed by atoms with Gasteiger partial charge in [-0.05, 0) is 93.4 Å². The van der Waals surface area contributed by atoms with Gasteiger partial charge in [-0.25, -0.2) is 38.5 Å². The highest BCUT2D eigenvalue weighted by Gasteiger charge is 2.36. The number of sulfonamides is 4. The fraction of sp³-hybridized carbons (Fsp3) is 0.548. The van der Waals surface area contributed by atoms with Gasteiger partial charge in [0.25, 0.3) is 0 Å². The summed E-state index contributed by atoms with van der Waals surface area (Å²) in [6.45, 7) is -1.87. The van der Waals surface area contributed by atoms with Crippen LogP contribution in [0.2, 0.25) is 0 Å². The summed E-state index contributed by atoms with van der Waals surface area (Å²) in [5, 5.41) is 77.0. The van der Waals surface area contributed by atoms with E-state index in [1.54, 1.807) is 38.1 Å². The Morgan fingerprint density at radius 2 is 0.981 bits per heavy atom. The van der Waals surface area contributed by atoms with Crippen LogP contribution in [-0.4, -0.2) is 263 Å². The molecule has 0 spiro atoms. The molecule has 0 radical (unpaired) electrons. The number of benzene rings is 3. The highest BCUT2D eigenvalue weighted by atomic mass is 32.2. The Kier molecular flexibility index (Phi) is 34.9. The summed E-state index contributed by atoms with van der Waals surface area (Å²) >= 11 is 5.47. The first-order valence-electron chi connectivity index (χ1n) is 33.1. The number of rotatable bonds is 47. The quantitative estimate of drug-likeness (QED) is 0.00935. The Hall–Kier alpha value is -8.66. The molecule has 586 valence electrons. The number of nitrogens with zero attached hydrogens (tertiary/aromatic N) is 4. The standard InChI is InChI=1S/C62H98N18O20S5/c1-38(2)26-44(34-79(30-39(3)81)104(96,97)24-19-63)75-55(86)36-78(103(5,94)95)31-41(8-6-21-69-60(65)66)73-54(85)35-77(102(4,92)93)32-42(9-7-22-70-61(67)68)74-56(87)37-80(105(98,99)25-20-64)33-43(11-17-57(88)89)72-53(84)18-23-71-62(101)76-40-10-14-47(50(27-40)59(90)91)58-48-15-12-45(82)28-51(48)100-52-29-46(83)13-16-49(52)58/h10,12-16,27-29,38,41-44,58,82-83H,6-9,11,17-26,30-37,63-64H2,1-5H3,(H,72,84)(H,73,85)(H,74,87)(H,75,86)(H,88,89)(H,90,91)(H4,65,66,69)(H4,67,68,70)(H2,71,76,101)/t41-,42-,43-,44-/m0/s1. The lowest BCUT2D eigenvalue weighted by molar-refractivity contribution is -0.137. The van der Waals surface area contributed by atoms with Crippen molar-refractivity contribution in [2.45, 2.75) is 102 Å². The molecule has 105 heavy (non-hydrogen) atoms. The molecule has 3 aromatic carbocycles. The lowest BCUT2D eigenvalue weighted by Gasteiger charge is -2.31. The minimum atomic E-state index is -4.52. The van der Waals surface area contributed by atoms with Gasteiger partial charge < -0.3 is 90.6 Å². The molecule has 4 amide bonds. The number of carboxylic acid groups (broad SMARTS) is 2. The molecular formula is C62H98N18O20S5. The summed E-state index contributed by atoms with van der Waals surface area (Å²) in [5.74, 6) is -9.61. The minimum Gasteiger partial charge on any atom is -0.508 e. The van der Waals surface area contributed by atoms with Crippen molar-refractivity contribution in [1.29, 1.82) is 10.8 Å². The van der Waals surface area contributed by atoms with E-state index in [0.29, 0.717) is 25.3 Å². The van der Waals surface area contributed by atoms with Gasteiger partial charge in [0.2, 0.25) is 63.7 Å². The molecule has 0 aromatic heterocycles. The molecular weight excluding hydrogens is 1480 g/mol. The number of nitrogens with two attached hydrogens (primary N) is 4. The van der Waals surface area contributed by atoms with Crippen LogP contribution in [0.15, 0.2) is 54.6 Å². The molecule has 43 heteroatoms. The van der Waals surface area contributed by atoms with Crippen LogP contribution in [0.1, 0.15) is 105 Å². The molecule has 0 unspecified atom stereocenters. The average Bonchev–Trinajstić information content (AvgIpc) is 0.747. The zero-order valence-electron chi connectivity index (χ0n) is 58.9. The van der Waals surface area contributed by atoms with Crippen LogP contribution in [0.3, 0.4) is 0 Å². The van der Waals surface area contributed by atoms with Crippen molar-refractivity contribution in [3.05, 3.63) is 76.9 Å². The third-order valence-corrected chi connectivity index (χ3v) is 22.2. The lowest BCUT2D eigenvalue weighted by Crippen LogP contribution is -2.54. The number of nitrogens with one attached hydrogen (secondary N) is 10. The number of carbonyl (C=O) groups is 7. The van der Waals surface area contributed by atoms with Crippen LogP contribution in [-0.2, 0) is 68.9 Å². The van der Waals surface area contributed by atoms with E-state index in [2.05, 4.69) is 42.5 Å². The van der Waals surface area contributed by atoms with Crippen LogP contribution >= 0.6 is 12.2 Å². The highest BCUT2D eigenvalue weighted by molar-refractivity contribution is 7.89. The number of thiocarbonyl (C=S) groups is 1. The number of ether oxygens (including phenoxy) is 1. The number of fused-ring (bicyclic) bond motifs is 2. The number of hydrogen-bond acceptors (Lipinski definition) is 23. The first-order chi connectivity index (χ1) is 49.0. The number of aromatic hydroxyl groups is 2. The topological polar surface area (TPSA) is 607 Å². The zero-order chi connectivity index (χ0) is 78.7. The van der Waals surface area contributed by atoms with Crippen molar-refractivity contribution in [2.75, 3.05) is 114 Å². The number of guanidine groups is 2.